The Hall–Kier alpha value is -5.23. The van der Waals surface area contributed by atoms with Gasteiger partial charge in [-0.1, -0.05) is 54.6 Å². The van der Waals surface area contributed by atoms with E-state index in [0.29, 0.717) is 45.5 Å². The monoisotopic (exact) mass is 638 g/mol. The van der Waals surface area contributed by atoms with E-state index in [0.717, 1.165) is 36.6 Å². The average molecular weight is 639 g/mol. The second-order valence-corrected chi connectivity index (χ2v) is 13.1. The molecule has 2 aromatic heterocycles. The maximum atomic E-state index is 13.1. The largest absolute Gasteiger partial charge is 0.465 e. The Morgan fingerprint density at radius 1 is 0.891 bits per heavy atom. The van der Waals surface area contributed by atoms with E-state index < -0.39 is 16.1 Å². The lowest BCUT2D eigenvalue weighted by Crippen LogP contribution is -2.39. The summed E-state index contributed by atoms with van der Waals surface area (Å²) in [6.07, 6.45) is 5.40. The Balaban J connectivity index is 1.24. The summed E-state index contributed by atoms with van der Waals surface area (Å²) in [7, 11) is -3.68. The van der Waals surface area contributed by atoms with Crippen LogP contribution in [0.1, 0.15) is 36.8 Å². The Morgan fingerprint density at radius 3 is 2.37 bits per heavy atom. The van der Waals surface area contributed by atoms with Crippen LogP contribution < -0.4 is 20.1 Å². The second-order valence-electron chi connectivity index (χ2n) is 11.3. The Bertz CT molecular complexity index is 1960. The van der Waals surface area contributed by atoms with Gasteiger partial charge in [-0.25, -0.2) is 28.2 Å². The molecule has 3 aromatic carbocycles. The molecular weight excluding hydrogens is 604 g/mol. The van der Waals surface area contributed by atoms with Crippen LogP contribution in [0.15, 0.2) is 91.3 Å². The number of carboxylic acid groups (broad SMARTS) is 1. The number of aromatic nitrogens is 3. The second kappa shape index (κ2) is 13.4. The van der Waals surface area contributed by atoms with E-state index in [4.69, 9.17) is 14.8 Å². The van der Waals surface area contributed by atoms with Crippen LogP contribution in [0.5, 0.6) is 11.6 Å². The van der Waals surface area contributed by atoms with Gasteiger partial charge < -0.3 is 20.5 Å². The van der Waals surface area contributed by atoms with Gasteiger partial charge in [-0.2, -0.15) is 0 Å². The molecule has 11 nitrogen and oxygen atoms in total. The third-order valence-corrected chi connectivity index (χ3v) is 9.18. The average Bonchev–Trinajstić information content (AvgIpc) is 3.04. The van der Waals surface area contributed by atoms with Crippen molar-refractivity contribution in [3.63, 3.8) is 0 Å². The highest BCUT2D eigenvalue weighted by atomic mass is 32.2. The summed E-state index contributed by atoms with van der Waals surface area (Å²) < 4.78 is 35.5. The molecule has 12 heteroatoms. The zero-order valence-electron chi connectivity index (χ0n) is 25.2. The number of pyridine rings is 1. The Kier molecular flexibility index (Phi) is 8.97. The molecule has 46 heavy (non-hydrogen) atoms. The molecule has 6 rings (SSSR count). The SMILES string of the molecule is Cc1cc(NS(=O)(=O)Cc2ccccc2)c2ccccc2c1Oc1ncccc1-c1ccnc(NC2CCC(NC(=O)O)CC2)n1. The van der Waals surface area contributed by atoms with Crippen LogP contribution in [0.3, 0.4) is 0 Å². The summed E-state index contributed by atoms with van der Waals surface area (Å²) >= 11 is 0. The molecule has 0 saturated heterocycles. The zero-order valence-corrected chi connectivity index (χ0v) is 26.0. The first-order valence-electron chi connectivity index (χ1n) is 15.0. The van der Waals surface area contributed by atoms with Crippen molar-refractivity contribution < 1.29 is 23.1 Å². The van der Waals surface area contributed by atoms with E-state index >= 15 is 0 Å². The zero-order chi connectivity index (χ0) is 32.1. The standard InChI is InChI=1S/C34H34N6O5S/c1-22-20-30(40-46(43,44)21-23-8-3-2-4-9-23)26-10-5-6-11-27(26)31(22)45-32-28(12-7-18-35-32)29-17-19-36-33(39-29)37-24-13-15-25(16-14-24)38-34(41)42/h2-12,17-20,24-25,38,40H,13-16,21H2,1H3,(H,41,42)(H,36,37,39). The van der Waals surface area contributed by atoms with Crippen LogP contribution in [0, 0.1) is 6.92 Å². The van der Waals surface area contributed by atoms with E-state index in [1.807, 2.05) is 61.5 Å². The van der Waals surface area contributed by atoms with Gasteiger partial charge >= 0.3 is 6.09 Å². The Labute approximate surface area is 267 Å². The third-order valence-electron chi connectivity index (χ3n) is 7.94. The molecule has 1 amide bonds. The van der Waals surface area contributed by atoms with Crippen molar-refractivity contribution in [2.24, 2.45) is 0 Å². The number of rotatable bonds is 10. The number of anilines is 2. The van der Waals surface area contributed by atoms with Gasteiger partial charge in [0.2, 0.25) is 21.9 Å². The highest BCUT2D eigenvalue weighted by molar-refractivity contribution is 7.91. The lowest BCUT2D eigenvalue weighted by molar-refractivity contribution is 0.185. The first-order valence-corrected chi connectivity index (χ1v) is 16.7. The van der Waals surface area contributed by atoms with Gasteiger partial charge in [-0.05, 0) is 68.0 Å². The van der Waals surface area contributed by atoms with Gasteiger partial charge in [0.25, 0.3) is 0 Å². The van der Waals surface area contributed by atoms with Crippen LogP contribution in [0.4, 0.5) is 16.4 Å². The molecule has 4 N–H and O–H groups in total. The maximum Gasteiger partial charge on any atom is 0.404 e. The molecule has 236 valence electrons. The predicted molar refractivity (Wildman–Crippen MR) is 178 cm³/mol. The number of aryl methyl sites for hydroxylation is 1. The van der Waals surface area contributed by atoms with Crippen molar-refractivity contribution >= 4 is 38.5 Å². The molecule has 0 bridgehead atoms. The molecule has 5 aromatic rings. The minimum Gasteiger partial charge on any atom is -0.465 e. The fourth-order valence-electron chi connectivity index (χ4n) is 5.79. The van der Waals surface area contributed by atoms with Gasteiger partial charge in [0.15, 0.2) is 0 Å². The molecular formula is C34H34N6O5S. The van der Waals surface area contributed by atoms with Crippen molar-refractivity contribution in [2.45, 2.75) is 50.4 Å². The quantitative estimate of drug-likeness (QED) is 0.130. The van der Waals surface area contributed by atoms with Crippen LogP contribution in [0.25, 0.3) is 22.0 Å². The van der Waals surface area contributed by atoms with Crippen molar-refractivity contribution in [3.8, 4) is 22.9 Å². The lowest BCUT2D eigenvalue weighted by atomic mass is 9.91. The van der Waals surface area contributed by atoms with Crippen molar-refractivity contribution in [3.05, 3.63) is 102 Å². The Morgan fingerprint density at radius 2 is 1.61 bits per heavy atom. The van der Waals surface area contributed by atoms with Crippen LogP contribution in [-0.2, 0) is 15.8 Å². The summed E-state index contributed by atoms with van der Waals surface area (Å²) in [6, 6.07) is 23.9. The fourth-order valence-corrected chi connectivity index (χ4v) is 6.99. The summed E-state index contributed by atoms with van der Waals surface area (Å²) in [4.78, 5) is 24.7. The molecule has 0 atom stereocenters. The number of hydrogen-bond acceptors (Lipinski definition) is 8. The van der Waals surface area contributed by atoms with E-state index in [9.17, 15) is 13.2 Å². The summed E-state index contributed by atoms with van der Waals surface area (Å²) in [5, 5.41) is 16.4. The molecule has 0 aliphatic heterocycles. The van der Waals surface area contributed by atoms with E-state index in [-0.39, 0.29) is 17.8 Å². The summed E-state index contributed by atoms with van der Waals surface area (Å²) in [6.45, 7) is 1.87. The van der Waals surface area contributed by atoms with Gasteiger partial charge in [-0.3, -0.25) is 4.72 Å². The number of carbonyl (C=O) groups is 1. The normalized spacial score (nSPS) is 16.5. The smallest absolute Gasteiger partial charge is 0.404 e. The van der Waals surface area contributed by atoms with Crippen molar-refractivity contribution in [2.75, 3.05) is 10.0 Å². The van der Waals surface area contributed by atoms with Gasteiger partial charge in [0.1, 0.15) is 5.75 Å². The van der Waals surface area contributed by atoms with Gasteiger partial charge in [0, 0.05) is 35.2 Å². The molecule has 1 aliphatic carbocycles. The number of benzene rings is 3. The highest BCUT2D eigenvalue weighted by Gasteiger charge is 2.23. The summed E-state index contributed by atoms with van der Waals surface area (Å²) in [5.41, 5.74) is 3.18. The molecule has 0 spiro atoms. The van der Waals surface area contributed by atoms with Crippen LogP contribution in [0.2, 0.25) is 0 Å². The van der Waals surface area contributed by atoms with Crippen LogP contribution >= 0.6 is 0 Å². The molecule has 2 heterocycles. The number of ether oxygens (including phenoxy) is 1. The molecule has 0 radical (unpaired) electrons. The van der Waals surface area contributed by atoms with Crippen LogP contribution in [-0.4, -0.2) is 46.7 Å². The molecule has 1 aliphatic rings. The maximum absolute atomic E-state index is 13.1. The van der Waals surface area contributed by atoms with E-state index in [2.05, 4.69) is 25.3 Å². The molecule has 1 saturated carbocycles. The summed E-state index contributed by atoms with van der Waals surface area (Å²) in [5.74, 6) is 1.23. The number of hydrogen-bond donors (Lipinski definition) is 4. The number of sulfonamides is 1. The first-order chi connectivity index (χ1) is 22.2. The minimum absolute atomic E-state index is 0.0408. The minimum atomic E-state index is -3.68. The third kappa shape index (κ3) is 7.35. The fraction of sp³-hybridized carbons (Fsp3) is 0.235. The van der Waals surface area contributed by atoms with Crippen molar-refractivity contribution in [1.82, 2.24) is 20.3 Å². The lowest BCUT2D eigenvalue weighted by Gasteiger charge is -2.28. The number of amides is 1. The van der Waals surface area contributed by atoms with E-state index in [1.54, 1.807) is 36.7 Å². The highest BCUT2D eigenvalue weighted by Crippen LogP contribution is 2.40. The molecule has 0 unspecified atom stereocenters. The number of nitrogens with zero attached hydrogens (tertiary/aromatic N) is 3. The predicted octanol–water partition coefficient (Wildman–Crippen LogP) is 6.73. The van der Waals surface area contributed by atoms with E-state index in [1.165, 1.54) is 0 Å². The first kappa shape index (κ1) is 30.8. The number of fused-ring (bicyclic) bond motifs is 1. The van der Waals surface area contributed by atoms with Crippen molar-refractivity contribution in [1.29, 1.82) is 0 Å². The van der Waals surface area contributed by atoms with Gasteiger partial charge in [0.05, 0.1) is 22.7 Å². The molecule has 1 fully saturated rings. The van der Waals surface area contributed by atoms with Gasteiger partial charge in [-0.15, -0.1) is 0 Å². The number of nitrogens with one attached hydrogen (secondary N) is 3. The topological polar surface area (TPSA) is 155 Å².